The van der Waals surface area contributed by atoms with E-state index in [1.807, 2.05) is 29.6 Å². The molecule has 6 nitrogen and oxygen atoms in total. The first-order chi connectivity index (χ1) is 12.5. The van der Waals surface area contributed by atoms with Crippen LogP contribution in [0.3, 0.4) is 0 Å². The van der Waals surface area contributed by atoms with Gasteiger partial charge in [-0.1, -0.05) is 23.9 Å². The summed E-state index contributed by atoms with van der Waals surface area (Å²) in [5.41, 5.74) is 0.895. The number of thiophene rings is 1. The van der Waals surface area contributed by atoms with Gasteiger partial charge in [-0.05, 0) is 36.1 Å². The van der Waals surface area contributed by atoms with Crippen molar-refractivity contribution in [3.8, 4) is 5.75 Å². The molecule has 2 aromatic heterocycles. The molecule has 1 amide bonds. The lowest BCUT2D eigenvalue weighted by atomic mass is 10.2. The molecule has 136 valence electrons. The van der Waals surface area contributed by atoms with Crippen LogP contribution in [0.2, 0.25) is 0 Å². The van der Waals surface area contributed by atoms with Crippen molar-refractivity contribution >= 4 is 39.2 Å². The predicted molar refractivity (Wildman–Crippen MR) is 105 cm³/mol. The number of ether oxygens (including phenoxy) is 1. The maximum absolute atomic E-state index is 12.4. The number of rotatable bonds is 6. The molecule has 0 aliphatic rings. The third-order valence-corrected chi connectivity index (χ3v) is 5.89. The van der Waals surface area contributed by atoms with E-state index in [9.17, 15) is 9.59 Å². The van der Waals surface area contributed by atoms with Crippen LogP contribution in [0.25, 0.3) is 10.2 Å². The average molecular weight is 390 g/mol. The molecule has 0 fully saturated rings. The Labute approximate surface area is 159 Å². The summed E-state index contributed by atoms with van der Waals surface area (Å²) < 4.78 is 6.61. The minimum Gasteiger partial charge on any atom is -0.497 e. The Bertz CT molecular complexity index is 980. The molecule has 0 bridgehead atoms. The fourth-order valence-corrected chi connectivity index (χ4v) is 4.08. The normalized spacial score (nSPS) is 12.1. The number of benzene rings is 1. The number of carbonyl (C=O) groups excluding carboxylic acids is 1. The van der Waals surface area contributed by atoms with Crippen LogP contribution in [0.5, 0.6) is 5.75 Å². The first kappa shape index (κ1) is 18.5. The van der Waals surface area contributed by atoms with Crippen LogP contribution in [0.15, 0.2) is 45.7 Å². The molecular formula is C18H19N3O3S2. The van der Waals surface area contributed by atoms with E-state index in [-0.39, 0.29) is 16.7 Å². The second kappa shape index (κ2) is 7.92. The van der Waals surface area contributed by atoms with E-state index in [1.165, 1.54) is 27.7 Å². The van der Waals surface area contributed by atoms with E-state index in [0.717, 1.165) is 11.3 Å². The number of nitrogens with zero attached hydrogens (tertiary/aromatic N) is 2. The van der Waals surface area contributed by atoms with Gasteiger partial charge in [-0.25, -0.2) is 4.98 Å². The Morgan fingerprint density at radius 1 is 1.35 bits per heavy atom. The number of aromatic nitrogens is 2. The molecule has 3 aromatic rings. The van der Waals surface area contributed by atoms with Gasteiger partial charge in [0, 0.05) is 13.6 Å². The van der Waals surface area contributed by atoms with Crippen LogP contribution in [-0.2, 0) is 18.4 Å². The molecule has 8 heteroatoms. The number of hydrogen-bond acceptors (Lipinski definition) is 6. The molecule has 1 unspecified atom stereocenters. The monoisotopic (exact) mass is 389 g/mol. The lowest BCUT2D eigenvalue weighted by Gasteiger charge is -2.13. The van der Waals surface area contributed by atoms with Crippen LogP contribution in [-0.4, -0.2) is 27.8 Å². The highest BCUT2D eigenvalue weighted by Gasteiger charge is 2.18. The number of carbonyl (C=O) groups is 1. The van der Waals surface area contributed by atoms with E-state index >= 15 is 0 Å². The van der Waals surface area contributed by atoms with E-state index in [1.54, 1.807) is 27.1 Å². The summed E-state index contributed by atoms with van der Waals surface area (Å²) >= 11 is 2.70. The van der Waals surface area contributed by atoms with Crippen LogP contribution < -0.4 is 15.6 Å². The lowest BCUT2D eigenvalue weighted by molar-refractivity contribution is -0.120. The van der Waals surface area contributed by atoms with Crippen molar-refractivity contribution in [1.82, 2.24) is 14.9 Å². The second-order valence-electron chi connectivity index (χ2n) is 5.72. The molecule has 0 saturated heterocycles. The fourth-order valence-electron chi connectivity index (χ4n) is 2.37. The third-order valence-electron chi connectivity index (χ3n) is 3.94. The first-order valence-electron chi connectivity index (χ1n) is 8.01. The highest BCUT2D eigenvalue weighted by Crippen LogP contribution is 2.24. The molecule has 0 spiro atoms. The highest BCUT2D eigenvalue weighted by atomic mass is 32.2. The summed E-state index contributed by atoms with van der Waals surface area (Å²) in [5.74, 6) is 0.673. The molecule has 0 aliphatic heterocycles. The predicted octanol–water partition coefficient (Wildman–Crippen LogP) is 2.80. The molecule has 1 atom stereocenters. The summed E-state index contributed by atoms with van der Waals surface area (Å²) in [6, 6.07) is 9.31. The topological polar surface area (TPSA) is 73.2 Å². The zero-order valence-electron chi connectivity index (χ0n) is 14.7. The summed E-state index contributed by atoms with van der Waals surface area (Å²) in [5, 5.41) is 5.53. The second-order valence-corrected chi connectivity index (χ2v) is 7.93. The summed E-state index contributed by atoms with van der Waals surface area (Å²) in [6.07, 6.45) is 0. The SMILES string of the molecule is COc1ccc(CNC(=O)C(C)Sc2nc3sccc3c(=O)n2C)cc1. The van der Waals surface area contributed by atoms with Gasteiger partial charge in [0.25, 0.3) is 5.56 Å². The summed E-state index contributed by atoms with van der Waals surface area (Å²) in [7, 11) is 3.29. The quantitative estimate of drug-likeness (QED) is 0.518. The number of hydrogen-bond donors (Lipinski definition) is 1. The standard InChI is InChI=1S/C18H19N3O3S2/c1-11(15(22)19-10-12-4-6-13(24-3)7-5-12)26-18-20-16-14(8-9-25-16)17(23)21(18)2/h4-9,11H,10H2,1-3H3,(H,19,22). The van der Waals surface area contributed by atoms with Crippen molar-refractivity contribution in [3.63, 3.8) is 0 Å². The van der Waals surface area contributed by atoms with Crippen LogP contribution in [0, 0.1) is 0 Å². The number of fused-ring (bicyclic) bond motifs is 1. The largest absolute Gasteiger partial charge is 0.497 e. The molecule has 3 rings (SSSR count). The van der Waals surface area contributed by atoms with E-state index in [4.69, 9.17) is 4.74 Å². The Balaban J connectivity index is 1.65. The van der Waals surface area contributed by atoms with Gasteiger partial charge in [0.05, 0.1) is 17.7 Å². The maximum Gasteiger partial charge on any atom is 0.262 e. The summed E-state index contributed by atoms with van der Waals surface area (Å²) in [6.45, 7) is 2.24. The van der Waals surface area contributed by atoms with Crippen molar-refractivity contribution in [1.29, 1.82) is 0 Å². The van der Waals surface area contributed by atoms with Crippen molar-refractivity contribution in [2.24, 2.45) is 7.05 Å². The zero-order chi connectivity index (χ0) is 18.7. The van der Waals surface area contributed by atoms with Crippen LogP contribution in [0.4, 0.5) is 0 Å². The highest BCUT2D eigenvalue weighted by molar-refractivity contribution is 8.00. The van der Waals surface area contributed by atoms with Crippen LogP contribution in [0.1, 0.15) is 12.5 Å². The first-order valence-corrected chi connectivity index (χ1v) is 9.77. The van der Waals surface area contributed by atoms with E-state index in [2.05, 4.69) is 10.3 Å². The van der Waals surface area contributed by atoms with E-state index < -0.39 is 0 Å². The van der Waals surface area contributed by atoms with Gasteiger partial charge >= 0.3 is 0 Å². The van der Waals surface area contributed by atoms with Gasteiger partial charge in [-0.2, -0.15) is 0 Å². The molecule has 1 aromatic carbocycles. The Morgan fingerprint density at radius 3 is 2.77 bits per heavy atom. The van der Waals surface area contributed by atoms with Crippen LogP contribution >= 0.6 is 23.1 Å². The van der Waals surface area contributed by atoms with Gasteiger partial charge in [-0.15, -0.1) is 11.3 Å². The lowest BCUT2D eigenvalue weighted by Crippen LogP contribution is -2.31. The van der Waals surface area contributed by atoms with Crippen molar-refractivity contribution in [2.45, 2.75) is 23.9 Å². The number of amides is 1. The molecule has 26 heavy (non-hydrogen) atoms. The van der Waals surface area contributed by atoms with Gasteiger partial charge in [-0.3, -0.25) is 14.2 Å². The minimum atomic E-state index is -0.372. The van der Waals surface area contributed by atoms with Gasteiger partial charge < -0.3 is 10.1 Å². The van der Waals surface area contributed by atoms with Crippen molar-refractivity contribution in [3.05, 3.63) is 51.6 Å². The van der Waals surface area contributed by atoms with Gasteiger partial charge in [0.15, 0.2) is 5.16 Å². The summed E-state index contributed by atoms with van der Waals surface area (Å²) in [4.78, 5) is 29.9. The van der Waals surface area contributed by atoms with Crippen molar-refractivity contribution in [2.75, 3.05) is 7.11 Å². The molecular weight excluding hydrogens is 370 g/mol. The third kappa shape index (κ3) is 3.91. The number of nitrogens with one attached hydrogen (secondary N) is 1. The molecule has 0 saturated carbocycles. The van der Waals surface area contributed by atoms with Gasteiger partial charge in [0.2, 0.25) is 5.91 Å². The minimum absolute atomic E-state index is 0.0930. The number of thioether (sulfide) groups is 1. The van der Waals surface area contributed by atoms with E-state index in [0.29, 0.717) is 21.9 Å². The number of methoxy groups -OCH3 is 1. The Kier molecular flexibility index (Phi) is 5.63. The molecule has 0 aliphatic carbocycles. The zero-order valence-corrected chi connectivity index (χ0v) is 16.3. The van der Waals surface area contributed by atoms with Gasteiger partial charge in [0.1, 0.15) is 10.6 Å². The van der Waals surface area contributed by atoms with Crippen molar-refractivity contribution < 1.29 is 9.53 Å². The Morgan fingerprint density at radius 2 is 2.08 bits per heavy atom. The molecule has 1 N–H and O–H groups in total. The average Bonchev–Trinajstić information content (AvgIpc) is 3.12. The Hall–Kier alpha value is -2.32. The maximum atomic E-state index is 12.4. The molecule has 2 heterocycles. The smallest absolute Gasteiger partial charge is 0.262 e. The fraction of sp³-hybridized carbons (Fsp3) is 0.278. The molecule has 0 radical (unpaired) electrons.